The predicted octanol–water partition coefficient (Wildman–Crippen LogP) is 3.87. The molecule has 0 amide bonds. The summed E-state index contributed by atoms with van der Waals surface area (Å²) in [4.78, 5) is 10.3. The Bertz CT molecular complexity index is 873. The number of halogens is 1. The molecule has 1 aliphatic heterocycles. The monoisotopic (exact) mass is 387 g/mol. The van der Waals surface area contributed by atoms with E-state index in [1.54, 1.807) is 36.8 Å². The molecular weight excluding hydrogens is 365 g/mol. The molecule has 3 heterocycles. The summed E-state index contributed by atoms with van der Waals surface area (Å²) in [6.45, 7) is 5.22. The molecule has 1 aliphatic rings. The van der Waals surface area contributed by atoms with Gasteiger partial charge in [0.1, 0.15) is 17.8 Å². The molecule has 1 saturated heterocycles. The fourth-order valence-corrected chi connectivity index (χ4v) is 3.99. The van der Waals surface area contributed by atoms with E-state index in [2.05, 4.69) is 14.8 Å². The topological polar surface area (TPSA) is 41.7 Å². The Balaban J connectivity index is 1.31. The maximum absolute atomic E-state index is 13.5. The second kappa shape index (κ2) is 8.21. The van der Waals surface area contributed by atoms with E-state index in [-0.39, 0.29) is 5.82 Å². The van der Waals surface area contributed by atoms with Crippen LogP contribution >= 0.6 is 11.3 Å². The third-order valence-electron chi connectivity index (χ3n) is 4.77. The summed E-state index contributed by atoms with van der Waals surface area (Å²) < 4.78 is 24.5. The van der Waals surface area contributed by atoms with Gasteiger partial charge in [0, 0.05) is 44.8 Å². The minimum Gasteiger partial charge on any atom is -0.496 e. The number of methoxy groups -OCH3 is 1. The Morgan fingerprint density at radius 2 is 1.93 bits per heavy atom. The van der Waals surface area contributed by atoms with E-state index < -0.39 is 0 Å². The lowest BCUT2D eigenvalue weighted by molar-refractivity contribution is 0.120. The van der Waals surface area contributed by atoms with Crippen LogP contribution in [0.25, 0.3) is 10.8 Å². The first kappa shape index (κ1) is 18.2. The molecule has 1 aromatic carbocycles. The van der Waals surface area contributed by atoms with Crippen LogP contribution in [-0.2, 0) is 13.1 Å². The van der Waals surface area contributed by atoms with Gasteiger partial charge in [0.25, 0.3) is 0 Å². The molecule has 7 heteroatoms. The smallest absolute Gasteiger partial charge is 0.236 e. The van der Waals surface area contributed by atoms with Gasteiger partial charge in [0.05, 0.1) is 17.7 Å². The standard InChI is InChI=1S/C20H22FN3O2S/c1-25-18-5-4-16(21)11-15(18)12-23-6-8-24(9-7-23)13-17-14-26-20(22-17)19-3-2-10-27-19/h2-5,10-11,14H,6-9,12-13H2,1H3. The van der Waals surface area contributed by atoms with Crippen LogP contribution in [0.3, 0.4) is 0 Å². The zero-order chi connectivity index (χ0) is 18.6. The summed E-state index contributed by atoms with van der Waals surface area (Å²) in [5, 5.41) is 2.02. The van der Waals surface area contributed by atoms with E-state index in [4.69, 9.17) is 9.15 Å². The van der Waals surface area contributed by atoms with E-state index >= 15 is 0 Å². The van der Waals surface area contributed by atoms with Crippen molar-refractivity contribution in [1.82, 2.24) is 14.8 Å². The molecule has 27 heavy (non-hydrogen) atoms. The molecule has 0 aliphatic carbocycles. The quantitative estimate of drug-likeness (QED) is 0.642. The van der Waals surface area contributed by atoms with Gasteiger partial charge in [-0.3, -0.25) is 9.80 Å². The van der Waals surface area contributed by atoms with Gasteiger partial charge in [-0.1, -0.05) is 6.07 Å². The number of rotatable bonds is 6. The third-order valence-corrected chi connectivity index (χ3v) is 5.63. The van der Waals surface area contributed by atoms with Crippen LogP contribution < -0.4 is 4.74 Å². The Kier molecular flexibility index (Phi) is 5.52. The van der Waals surface area contributed by atoms with Gasteiger partial charge in [-0.15, -0.1) is 11.3 Å². The third kappa shape index (κ3) is 4.37. The highest BCUT2D eigenvalue weighted by molar-refractivity contribution is 7.13. The van der Waals surface area contributed by atoms with E-state index in [1.807, 2.05) is 17.5 Å². The fraction of sp³-hybridized carbons (Fsp3) is 0.350. The minimum absolute atomic E-state index is 0.225. The van der Waals surface area contributed by atoms with Gasteiger partial charge in [0.15, 0.2) is 0 Å². The van der Waals surface area contributed by atoms with Crippen LogP contribution in [0, 0.1) is 5.82 Å². The summed E-state index contributed by atoms with van der Waals surface area (Å²) in [5.41, 5.74) is 1.85. The van der Waals surface area contributed by atoms with Crippen molar-refractivity contribution >= 4 is 11.3 Å². The fourth-order valence-electron chi connectivity index (χ4n) is 3.34. The van der Waals surface area contributed by atoms with E-state index in [1.165, 1.54) is 6.07 Å². The molecule has 0 bridgehead atoms. The number of thiophene rings is 1. The number of ether oxygens (including phenoxy) is 1. The molecule has 1 fully saturated rings. The lowest BCUT2D eigenvalue weighted by atomic mass is 10.1. The van der Waals surface area contributed by atoms with Crippen molar-refractivity contribution in [3.63, 3.8) is 0 Å². The molecule has 3 aromatic rings. The maximum atomic E-state index is 13.5. The number of nitrogens with zero attached hydrogens (tertiary/aromatic N) is 3. The number of piperazine rings is 1. The van der Waals surface area contributed by atoms with E-state index in [0.717, 1.165) is 54.6 Å². The van der Waals surface area contributed by atoms with Crippen LogP contribution in [0.15, 0.2) is 46.4 Å². The van der Waals surface area contributed by atoms with Gasteiger partial charge in [0.2, 0.25) is 5.89 Å². The van der Waals surface area contributed by atoms with Crippen molar-refractivity contribution in [3.05, 3.63) is 59.0 Å². The molecule has 0 spiro atoms. The largest absolute Gasteiger partial charge is 0.496 e. The highest BCUT2D eigenvalue weighted by Gasteiger charge is 2.20. The number of aromatic nitrogens is 1. The predicted molar refractivity (Wildman–Crippen MR) is 103 cm³/mol. The van der Waals surface area contributed by atoms with Crippen LogP contribution in [-0.4, -0.2) is 48.1 Å². The lowest BCUT2D eigenvalue weighted by Crippen LogP contribution is -2.45. The van der Waals surface area contributed by atoms with Crippen LogP contribution in [0.2, 0.25) is 0 Å². The SMILES string of the molecule is COc1ccc(F)cc1CN1CCN(Cc2coc(-c3cccs3)n2)CC1. The number of oxazole rings is 1. The Hall–Kier alpha value is -2.22. The zero-order valence-electron chi connectivity index (χ0n) is 15.2. The number of hydrogen-bond acceptors (Lipinski definition) is 6. The first-order valence-corrected chi connectivity index (χ1v) is 9.84. The average Bonchev–Trinajstić information content (AvgIpc) is 3.35. The molecule has 142 valence electrons. The van der Waals surface area contributed by atoms with Gasteiger partial charge in [-0.25, -0.2) is 9.37 Å². The Morgan fingerprint density at radius 3 is 2.63 bits per heavy atom. The summed E-state index contributed by atoms with van der Waals surface area (Å²) in [5.74, 6) is 1.20. The Labute approximate surface area is 162 Å². The van der Waals surface area contributed by atoms with Crippen molar-refractivity contribution in [1.29, 1.82) is 0 Å². The molecular formula is C20H22FN3O2S. The van der Waals surface area contributed by atoms with Gasteiger partial charge >= 0.3 is 0 Å². The van der Waals surface area contributed by atoms with Gasteiger partial charge < -0.3 is 9.15 Å². The van der Waals surface area contributed by atoms with Crippen molar-refractivity contribution in [2.75, 3.05) is 33.3 Å². The second-order valence-corrected chi connectivity index (χ2v) is 7.58. The molecule has 0 unspecified atom stereocenters. The average molecular weight is 387 g/mol. The van der Waals surface area contributed by atoms with E-state index in [9.17, 15) is 4.39 Å². The minimum atomic E-state index is -0.225. The summed E-state index contributed by atoms with van der Waals surface area (Å²) in [6.07, 6.45) is 1.75. The van der Waals surface area contributed by atoms with Crippen LogP contribution in [0.5, 0.6) is 5.75 Å². The van der Waals surface area contributed by atoms with Crippen LogP contribution in [0.4, 0.5) is 4.39 Å². The van der Waals surface area contributed by atoms with Gasteiger partial charge in [-0.2, -0.15) is 0 Å². The Morgan fingerprint density at radius 1 is 1.15 bits per heavy atom. The summed E-state index contributed by atoms with van der Waals surface area (Å²) >= 11 is 1.63. The first-order valence-electron chi connectivity index (χ1n) is 8.96. The van der Waals surface area contributed by atoms with Crippen molar-refractivity contribution < 1.29 is 13.5 Å². The molecule has 0 atom stereocenters. The molecule has 4 rings (SSSR count). The molecule has 5 nitrogen and oxygen atoms in total. The molecule has 0 saturated carbocycles. The number of benzene rings is 1. The maximum Gasteiger partial charge on any atom is 0.236 e. The lowest BCUT2D eigenvalue weighted by Gasteiger charge is -2.34. The van der Waals surface area contributed by atoms with Crippen molar-refractivity contribution in [3.8, 4) is 16.5 Å². The normalized spacial score (nSPS) is 15.9. The van der Waals surface area contributed by atoms with Crippen molar-refractivity contribution in [2.45, 2.75) is 13.1 Å². The molecule has 0 radical (unpaired) electrons. The zero-order valence-corrected chi connectivity index (χ0v) is 16.0. The molecule has 2 aromatic heterocycles. The van der Waals surface area contributed by atoms with Crippen LogP contribution in [0.1, 0.15) is 11.3 Å². The molecule has 0 N–H and O–H groups in total. The summed E-state index contributed by atoms with van der Waals surface area (Å²) in [6, 6.07) is 8.70. The first-order chi connectivity index (χ1) is 13.2. The highest BCUT2D eigenvalue weighted by Crippen LogP contribution is 2.25. The van der Waals surface area contributed by atoms with Crippen molar-refractivity contribution in [2.24, 2.45) is 0 Å². The summed E-state index contributed by atoms with van der Waals surface area (Å²) in [7, 11) is 1.62. The highest BCUT2D eigenvalue weighted by atomic mass is 32.1. The number of hydrogen-bond donors (Lipinski definition) is 0. The van der Waals surface area contributed by atoms with Gasteiger partial charge in [-0.05, 0) is 29.6 Å². The second-order valence-electron chi connectivity index (χ2n) is 6.63. The van der Waals surface area contributed by atoms with E-state index in [0.29, 0.717) is 12.4 Å².